The lowest BCUT2D eigenvalue weighted by Gasteiger charge is -2.09. The van der Waals surface area contributed by atoms with Crippen LogP contribution in [0.3, 0.4) is 0 Å². The van der Waals surface area contributed by atoms with Crippen molar-refractivity contribution in [1.82, 2.24) is 10.6 Å². The van der Waals surface area contributed by atoms with Crippen LogP contribution >= 0.6 is 0 Å². The maximum absolute atomic E-state index is 5.86. The molecule has 0 aliphatic carbocycles. The Morgan fingerprint density at radius 2 is 1.06 bits per heavy atom. The van der Waals surface area contributed by atoms with Crippen molar-refractivity contribution in [3.8, 4) is 11.5 Å². The number of unbranched alkanes of at least 4 members (excludes halogenated alkanes) is 2. The molecule has 31 heavy (non-hydrogen) atoms. The summed E-state index contributed by atoms with van der Waals surface area (Å²) in [5.74, 6) is 4.03. The normalized spacial score (nSPS) is 15.1. The summed E-state index contributed by atoms with van der Waals surface area (Å²) in [7, 11) is 0. The van der Waals surface area contributed by atoms with E-state index < -0.39 is 0 Å². The van der Waals surface area contributed by atoms with Crippen molar-refractivity contribution in [3.05, 3.63) is 59.7 Å². The Morgan fingerprint density at radius 1 is 0.613 bits per heavy atom. The van der Waals surface area contributed by atoms with Gasteiger partial charge >= 0.3 is 0 Å². The quantitative estimate of drug-likeness (QED) is 0.517. The van der Waals surface area contributed by atoms with E-state index in [2.05, 4.69) is 44.9 Å². The lowest BCUT2D eigenvalue weighted by molar-refractivity contribution is 0.279. The molecule has 0 bridgehead atoms. The van der Waals surface area contributed by atoms with E-state index in [-0.39, 0.29) is 0 Å². The molecule has 2 aromatic carbocycles. The van der Waals surface area contributed by atoms with Gasteiger partial charge in [0.2, 0.25) is 0 Å². The molecular formula is C25H32N4O2. The summed E-state index contributed by atoms with van der Waals surface area (Å²) in [4.78, 5) is 8.88. The molecule has 0 spiro atoms. The summed E-state index contributed by atoms with van der Waals surface area (Å²) in [5.41, 5.74) is 2.52. The molecule has 0 amide bonds. The van der Waals surface area contributed by atoms with Gasteiger partial charge in [0.05, 0.1) is 26.3 Å². The molecule has 4 rings (SSSR count). The molecule has 0 unspecified atom stereocenters. The van der Waals surface area contributed by atoms with Crippen LogP contribution in [0.4, 0.5) is 0 Å². The van der Waals surface area contributed by atoms with Crippen LogP contribution in [-0.2, 0) is 12.8 Å². The van der Waals surface area contributed by atoms with Crippen molar-refractivity contribution in [3.63, 3.8) is 0 Å². The van der Waals surface area contributed by atoms with Crippen molar-refractivity contribution in [2.45, 2.75) is 32.1 Å². The van der Waals surface area contributed by atoms with Gasteiger partial charge in [-0.1, -0.05) is 24.3 Å². The molecule has 0 atom stereocenters. The van der Waals surface area contributed by atoms with Crippen molar-refractivity contribution < 1.29 is 9.47 Å². The number of rotatable bonds is 12. The minimum Gasteiger partial charge on any atom is -0.494 e. The molecule has 164 valence electrons. The standard InChI is InChI=1S/C25H32N4O2/c1(2-16-30-22-8-4-20(5-9-22)18-24-26-12-13-27-24)3-17-31-23-10-6-21(7-11-23)19-25-28-14-15-29-25/h4-11H,1-3,12-19H2,(H,26,27)(H,28,29). The molecule has 0 saturated heterocycles. The smallest absolute Gasteiger partial charge is 0.119 e. The molecule has 2 aliphatic rings. The van der Waals surface area contributed by atoms with Crippen LogP contribution in [-0.4, -0.2) is 51.1 Å². The van der Waals surface area contributed by atoms with E-state index in [0.29, 0.717) is 0 Å². The second kappa shape index (κ2) is 11.4. The number of ether oxygens (including phenoxy) is 2. The second-order valence-corrected chi connectivity index (χ2v) is 7.91. The number of benzene rings is 2. The topological polar surface area (TPSA) is 67.2 Å². The highest BCUT2D eigenvalue weighted by atomic mass is 16.5. The Bertz CT molecular complexity index is 802. The van der Waals surface area contributed by atoms with Crippen LogP contribution in [0.2, 0.25) is 0 Å². The van der Waals surface area contributed by atoms with Gasteiger partial charge in [-0.25, -0.2) is 0 Å². The highest BCUT2D eigenvalue weighted by Gasteiger charge is 2.07. The summed E-state index contributed by atoms with van der Waals surface area (Å²) in [6.07, 6.45) is 4.89. The Balaban J connectivity index is 1.05. The van der Waals surface area contributed by atoms with Crippen LogP contribution in [0.1, 0.15) is 30.4 Å². The summed E-state index contributed by atoms with van der Waals surface area (Å²) >= 11 is 0. The molecular weight excluding hydrogens is 388 g/mol. The van der Waals surface area contributed by atoms with E-state index in [4.69, 9.17) is 9.47 Å². The van der Waals surface area contributed by atoms with Gasteiger partial charge < -0.3 is 20.1 Å². The molecule has 0 radical (unpaired) electrons. The Hall–Kier alpha value is -3.02. The lowest BCUT2D eigenvalue weighted by Crippen LogP contribution is -2.20. The summed E-state index contributed by atoms with van der Waals surface area (Å²) < 4.78 is 11.7. The van der Waals surface area contributed by atoms with E-state index in [9.17, 15) is 0 Å². The molecule has 0 saturated carbocycles. The van der Waals surface area contributed by atoms with Crippen molar-refractivity contribution in [2.24, 2.45) is 9.98 Å². The van der Waals surface area contributed by atoms with Crippen molar-refractivity contribution in [1.29, 1.82) is 0 Å². The van der Waals surface area contributed by atoms with Crippen LogP contribution < -0.4 is 20.1 Å². The largest absolute Gasteiger partial charge is 0.494 e. The fraction of sp³-hybridized carbons (Fsp3) is 0.440. The molecule has 6 heteroatoms. The van der Waals surface area contributed by atoms with Gasteiger partial charge in [-0.15, -0.1) is 0 Å². The predicted octanol–water partition coefficient (Wildman–Crippen LogP) is 3.40. The van der Waals surface area contributed by atoms with Crippen molar-refractivity contribution >= 4 is 11.7 Å². The molecule has 2 N–H and O–H groups in total. The van der Waals surface area contributed by atoms with E-state index in [1.165, 1.54) is 11.1 Å². The SMILES string of the molecule is c1cc(OCCCCCOc2ccc(CC3=NCCN3)cc2)ccc1CC1=NCCN1. The first kappa shape index (κ1) is 21.2. The second-order valence-electron chi connectivity index (χ2n) is 7.91. The molecule has 0 fully saturated rings. The first-order valence-electron chi connectivity index (χ1n) is 11.3. The number of hydrogen-bond donors (Lipinski definition) is 2. The molecule has 0 aromatic heterocycles. The third-order valence-electron chi connectivity index (χ3n) is 5.40. The zero-order chi connectivity index (χ0) is 21.1. The lowest BCUT2D eigenvalue weighted by atomic mass is 10.1. The molecule has 2 heterocycles. The molecule has 6 nitrogen and oxygen atoms in total. The number of amidine groups is 2. The van der Waals surface area contributed by atoms with Crippen LogP contribution in [0.25, 0.3) is 0 Å². The summed E-state index contributed by atoms with van der Waals surface area (Å²) in [6, 6.07) is 16.7. The van der Waals surface area contributed by atoms with E-state index >= 15 is 0 Å². The number of aliphatic imine (C=N–C) groups is 2. The minimum absolute atomic E-state index is 0.736. The minimum atomic E-state index is 0.736. The third-order valence-corrected chi connectivity index (χ3v) is 5.40. The summed E-state index contributed by atoms with van der Waals surface area (Å²) in [5, 5.41) is 6.61. The third kappa shape index (κ3) is 7.02. The van der Waals surface area contributed by atoms with Crippen LogP contribution in [0.15, 0.2) is 58.5 Å². The van der Waals surface area contributed by atoms with Gasteiger partial charge in [-0.3, -0.25) is 9.98 Å². The van der Waals surface area contributed by atoms with Gasteiger partial charge in [0.25, 0.3) is 0 Å². The van der Waals surface area contributed by atoms with Gasteiger partial charge in [0.15, 0.2) is 0 Å². The van der Waals surface area contributed by atoms with E-state index in [0.717, 1.165) is 94.7 Å². The highest BCUT2D eigenvalue weighted by Crippen LogP contribution is 2.15. The first-order chi connectivity index (χ1) is 15.3. The highest BCUT2D eigenvalue weighted by molar-refractivity contribution is 5.86. The van der Waals surface area contributed by atoms with Gasteiger partial charge in [0, 0.05) is 25.9 Å². The van der Waals surface area contributed by atoms with Crippen LogP contribution in [0.5, 0.6) is 11.5 Å². The maximum Gasteiger partial charge on any atom is 0.119 e. The number of hydrogen-bond acceptors (Lipinski definition) is 6. The maximum atomic E-state index is 5.86. The van der Waals surface area contributed by atoms with E-state index in [1.54, 1.807) is 0 Å². The van der Waals surface area contributed by atoms with Gasteiger partial charge in [-0.05, 0) is 54.7 Å². The predicted molar refractivity (Wildman–Crippen MR) is 126 cm³/mol. The van der Waals surface area contributed by atoms with Gasteiger partial charge in [0.1, 0.15) is 23.2 Å². The Labute approximate surface area is 184 Å². The Kier molecular flexibility index (Phi) is 7.80. The zero-order valence-electron chi connectivity index (χ0n) is 18.1. The number of nitrogens with one attached hydrogen (secondary N) is 2. The van der Waals surface area contributed by atoms with Crippen molar-refractivity contribution in [2.75, 3.05) is 39.4 Å². The van der Waals surface area contributed by atoms with E-state index in [1.807, 2.05) is 24.3 Å². The Morgan fingerprint density at radius 3 is 1.45 bits per heavy atom. The summed E-state index contributed by atoms with van der Waals surface area (Å²) in [6.45, 7) is 5.18. The fourth-order valence-corrected chi connectivity index (χ4v) is 3.69. The average molecular weight is 421 g/mol. The molecule has 2 aliphatic heterocycles. The molecule has 2 aromatic rings. The van der Waals surface area contributed by atoms with Crippen LogP contribution in [0, 0.1) is 0 Å². The first-order valence-corrected chi connectivity index (χ1v) is 11.3. The van der Waals surface area contributed by atoms with Gasteiger partial charge in [-0.2, -0.15) is 0 Å². The number of nitrogens with zero attached hydrogens (tertiary/aromatic N) is 2. The fourth-order valence-electron chi connectivity index (χ4n) is 3.69. The zero-order valence-corrected chi connectivity index (χ0v) is 18.1. The average Bonchev–Trinajstić information content (AvgIpc) is 3.50. The monoisotopic (exact) mass is 420 g/mol.